The van der Waals surface area contributed by atoms with E-state index in [1.165, 1.54) is 25.7 Å². The fraction of sp³-hybridized carbons (Fsp3) is 0.533. The maximum absolute atomic E-state index is 12.6. The van der Waals surface area contributed by atoms with Gasteiger partial charge in [0.2, 0.25) is 5.91 Å². The van der Waals surface area contributed by atoms with Crippen LogP contribution in [0.15, 0.2) is 24.3 Å². The molecule has 1 fully saturated rings. The Labute approximate surface area is 108 Å². The monoisotopic (exact) mass is 244 g/mol. The van der Waals surface area contributed by atoms with Gasteiger partial charge in [-0.25, -0.2) is 0 Å². The van der Waals surface area contributed by atoms with E-state index in [0.717, 1.165) is 17.8 Å². The second-order valence-corrected chi connectivity index (χ2v) is 5.41. The number of fused-ring (bicyclic) bond motifs is 1. The van der Waals surface area contributed by atoms with E-state index in [0.29, 0.717) is 6.04 Å². The lowest BCUT2D eigenvalue weighted by Crippen LogP contribution is -2.39. The van der Waals surface area contributed by atoms with E-state index in [4.69, 9.17) is 0 Å². The number of anilines is 1. The molecule has 1 atom stereocenters. The third-order valence-electron chi connectivity index (χ3n) is 4.35. The van der Waals surface area contributed by atoms with E-state index in [-0.39, 0.29) is 11.8 Å². The molecule has 3 heteroatoms. The summed E-state index contributed by atoms with van der Waals surface area (Å²) in [6.07, 6.45) is 4.87. The number of benzene rings is 1. The maximum Gasteiger partial charge on any atom is 0.231 e. The lowest BCUT2D eigenvalue weighted by molar-refractivity contribution is -0.133. The quantitative estimate of drug-likeness (QED) is 0.867. The molecule has 96 valence electrons. The first-order valence-electron chi connectivity index (χ1n) is 6.87. The average Bonchev–Trinajstić information content (AvgIpc) is 3.06. The minimum absolute atomic E-state index is 0.00630. The molecule has 3 rings (SSSR count). The topological polar surface area (TPSA) is 32.3 Å². The number of hydrogen-bond donors (Lipinski definition) is 1. The van der Waals surface area contributed by atoms with Gasteiger partial charge in [-0.1, -0.05) is 31.0 Å². The Kier molecular flexibility index (Phi) is 2.98. The van der Waals surface area contributed by atoms with Crippen molar-refractivity contribution in [2.75, 3.05) is 18.9 Å². The van der Waals surface area contributed by atoms with Gasteiger partial charge in [-0.05, 0) is 24.5 Å². The summed E-state index contributed by atoms with van der Waals surface area (Å²) >= 11 is 0. The molecular weight excluding hydrogens is 224 g/mol. The zero-order valence-electron chi connectivity index (χ0n) is 10.9. The first-order valence-corrected chi connectivity index (χ1v) is 6.87. The highest BCUT2D eigenvalue weighted by molar-refractivity contribution is 5.88. The summed E-state index contributed by atoms with van der Waals surface area (Å²) < 4.78 is 0. The van der Waals surface area contributed by atoms with Crippen molar-refractivity contribution >= 4 is 11.6 Å². The van der Waals surface area contributed by atoms with Crippen molar-refractivity contribution in [3.8, 4) is 0 Å². The zero-order chi connectivity index (χ0) is 12.5. The Balaban J connectivity index is 1.77. The summed E-state index contributed by atoms with van der Waals surface area (Å²) in [5, 5.41) is 3.33. The summed E-state index contributed by atoms with van der Waals surface area (Å²) in [6.45, 7) is 0.745. The van der Waals surface area contributed by atoms with Gasteiger partial charge in [0.05, 0.1) is 5.92 Å². The van der Waals surface area contributed by atoms with Crippen LogP contribution in [-0.4, -0.2) is 30.4 Å². The van der Waals surface area contributed by atoms with E-state index in [9.17, 15) is 4.79 Å². The molecule has 1 aliphatic carbocycles. The Hall–Kier alpha value is -1.51. The SMILES string of the molecule is CN(C(=O)C1CNc2ccccc21)C1CCCC1. The zero-order valence-corrected chi connectivity index (χ0v) is 10.9. The molecule has 3 nitrogen and oxygen atoms in total. The van der Waals surface area contributed by atoms with Crippen molar-refractivity contribution in [1.29, 1.82) is 0 Å². The number of hydrogen-bond acceptors (Lipinski definition) is 2. The summed E-state index contributed by atoms with van der Waals surface area (Å²) in [5.74, 6) is 0.283. The number of amides is 1. The average molecular weight is 244 g/mol. The van der Waals surface area contributed by atoms with Gasteiger partial charge >= 0.3 is 0 Å². The highest BCUT2D eigenvalue weighted by atomic mass is 16.2. The first-order chi connectivity index (χ1) is 8.77. The van der Waals surface area contributed by atoms with Gasteiger partial charge in [0, 0.05) is 25.3 Å². The third-order valence-corrected chi connectivity index (χ3v) is 4.35. The van der Waals surface area contributed by atoms with E-state index in [1.54, 1.807) is 0 Å². The van der Waals surface area contributed by atoms with Crippen molar-refractivity contribution in [3.63, 3.8) is 0 Å². The molecular formula is C15H20N2O. The predicted octanol–water partition coefficient (Wildman–Crippen LogP) is 2.60. The molecule has 1 unspecified atom stereocenters. The number of carbonyl (C=O) groups is 1. The molecule has 18 heavy (non-hydrogen) atoms. The van der Waals surface area contributed by atoms with Gasteiger partial charge < -0.3 is 10.2 Å². The molecule has 0 saturated heterocycles. The number of likely N-dealkylation sites (N-methyl/N-ethyl adjacent to an activating group) is 1. The van der Waals surface area contributed by atoms with Gasteiger partial charge in [0.15, 0.2) is 0 Å². The molecule has 1 aromatic rings. The molecule has 1 heterocycles. The number of para-hydroxylation sites is 1. The normalized spacial score (nSPS) is 22.6. The fourth-order valence-corrected chi connectivity index (χ4v) is 3.22. The lowest BCUT2D eigenvalue weighted by Gasteiger charge is -2.27. The highest BCUT2D eigenvalue weighted by Gasteiger charge is 2.33. The van der Waals surface area contributed by atoms with Crippen LogP contribution in [0.2, 0.25) is 0 Å². The van der Waals surface area contributed by atoms with Crippen LogP contribution in [-0.2, 0) is 4.79 Å². The minimum Gasteiger partial charge on any atom is -0.384 e. The molecule has 1 aromatic carbocycles. The molecule has 0 bridgehead atoms. The van der Waals surface area contributed by atoms with Crippen LogP contribution < -0.4 is 5.32 Å². The second kappa shape index (κ2) is 4.63. The molecule has 1 amide bonds. The Bertz CT molecular complexity index is 452. The fourth-order valence-electron chi connectivity index (χ4n) is 3.22. The van der Waals surface area contributed by atoms with Crippen molar-refractivity contribution in [3.05, 3.63) is 29.8 Å². The van der Waals surface area contributed by atoms with Crippen molar-refractivity contribution < 1.29 is 4.79 Å². The summed E-state index contributed by atoms with van der Waals surface area (Å²) in [4.78, 5) is 14.6. The molecule has 0 radical (unpaired) electrons. The van der Waals surface area contributed by atoms with E-state index >= 15 is 0 Å². The summed E-state index contributed by atoms with van der Waals surface area (Å²) in [7, 11) is 1.97. The number of carbonyl (C=O) groups excluding carboxylic acids is 1. The first kappa shape index (κ1) is 11.6. The van der Waals surface area contributed by atoms with Crippen molar-refractivity contribution in [2.45, 2.75) is 37.6 Å². The van der Waals surface area contributed by atoms with Crippen LogP contribution in [0, 0.1) is 0 Å². The van der Waals surface area contributed by atoms with Gasteiger partial charge in [0.1, 0.15) is 0 Å². The van der Waals surface area contributed by atoms with Crippen LogP contribution >= 0.6 is 0 Å². The highest BCUT2D eigenvalue weighted by Crippen LogP contribution is 2.33. The van der Waals surface area contributed by atoms with E-state index in [2.05, 4.69) is 17.4 Å². The smallest absolute Gasteiger partial charge is 0.231 e. The maximum atomic E-state index is 12.6. The largest absolute Gasteiger partial charge is 0.384 e. The second-order valence-electron chi connectivity index (χ2n) is 5.41. The van der Waals surface area contributed by atoms with E-state index < -0.39 is 0 Å². The Morgan fingerprint density at radius 3 is 2.78 bits per heavy atom. The van der Waals surface area contributed by atoms with Crippen molar-refractivity contribution in [2.24, 2.45) is 0 Å². The molecule has 2 aliphatic rings. The molecule has 1 N–H and O–H groups in total. The van der Waals surface area contributed by atoms with Crippen LogP contribution in [0.3, 0.4) is 0 Å². The van der Waals surface area contributed by atoms with Gasteiger partial charge in [-0.15, -0.1) is 0 Å². The molecule has 1 aliphatic heterocycles. The Morgan fingerprint density at radius 2 is 2.00 bits per heavy atom. The number of nitrogens with zero attached hydrogens (tertiary/aromatic N) is 1. The van der Waals surface area contributed by atoms with Crippen LogP contribution in [0.5, 0.6) is 0 Å². The number of rotatable bonds is 2. The third kappa shape index (κ3) is 1.88. The van der Waals surface area contributed by atoms with Crippen LogP contribution in [0.4, 0.5) is 5.69 Å². The number of nitrogens with one attached hydrogen (secondary N) is 1. The van der Waals surface area contributed by atoms with Gasteiger partial charge in [-0.2, -0.15) is 0 Å². The predicted molar refractivity (Wildman–Crippen MR) is 72.7 cm³/mol. The van der Waals surface area contributed by atoms with Gasteiger partial charge in [-0.3, -0.25) is 4.79 Å². The molecule has 1 saturated carbocycles. The van der Waals surface area contributed by atoms with E-state index in [1.807, 2.05) is 24.1 Å². The van der Waals surface area contributed by atoms with Crippen LogP contribution in [0.1, 0.15) is 37.2 Å². The molecule has 0 aromatic heterocycles. The van der Waals surface area contributed by atoms with Crippen molar-refractivity contribution in [1.82, 2.24) is 4.90 Å². The molecule has 0 spiro atoms. The summed E-state index contributed by atoms with van der Waals surface area (Å²) in [6, 6.07) is 8.62. The Morgan fingerprint density at radius 1 is 1.28 bits per heavy atom. The minimum atomic E-state index is 0.00630. The lowest BCUT2D eigenvalue weighted by atomic mass is 9.99. The van der Waals surface area contributed by atoms with Crippen LogP contribution in [0.25, 0.3) is 0 Å². The summed E-state index contributed by atoms with van der Waals surface area (Å²) in [5.41, 5.74) is 2.28. The van der Waals surface area contributed by atoms with Gasteiger partial charge in [0.25, 0.3) is 0 Å². The standard InChI is InChI=1S/C15H20N2O/c1-17(11-6-2-3-7-11)15(18)13-10-16-14-9-5-4-8-12(13)14/h4-5,8-9,11,13,16H,2-3,6-7,10H2,1H3.